The second kappa shape index (κ2) is 8.70. The van der Waals surface area contributed by atoms with Gasteiger partial charge in [-0.05, 0) is 41.0 Å². The maximum atomic E-state index is 14.5. The van der Waals surface area contributed by atoms with Gasteiger partial charge in [0.2, 0.25) is 5.88 Å². The normalized spacial score (nSPS) is 11.7. The number of sulfone groups is 1. The number of benzene rings is 2. The highest BCUT2D eigenvalue weighted by Gasteiger charge is 2.33. The molecule has 3 aromatic rings. The third-order valence-electron chi connectivity index (χ3n) is 4.34. The fraction of sp³-hybridized carbons (Fsp3) is 0.136. The maximum absolute atomic E-state index is 14.5. The average Bonchev–Trinajstić information content (AvgIpc) is 2.71. The van der Waals surface area contributed by atoms with Gasteiger partial charge in [-0.25, -0.2) is 17.8 Å². The number of hydrogen-bond donors (Lipinski definition) is 0. The van der Waals surface area contributed by atoms with Gasteiger partial charge in [-0.1, -0.05) is 39.4 Å². The Kier molecular flexibility index (Phi) is 6.40. The van der Waals surface area contributed by atoms with Gasteiger partial charge >= 0.3 is 5.66 Å². The molecule has 0 saturated heterocycles. The molecule has 0 aliphatic rings. The highest BCUT2D eigenvalue weighted by atomic mass is 32.2. The number of hydrogen-bond acceptors (Lipinski definition) is 4. The Balaban J connectivity index is 2.33. The molecule has 0 N–H and O–H groups in total. The molecule has 0 aliphatic carbocycles. The van der Waals surface area contributed by atoms with Crippen molar-refractivity contribution in [2.45, 2.75) is 10.6 Å². The molecule has 31 heavy (non-hydrogen) atoms. The summed E-state index contributed by atoms with van der Waals surface area (Å²) in [5.74, 6) is 1.60. The first-order valence-electron chi connectivity index (χ1n) is 8.85. The number of nitrogens with zero attached hydrogens (tertiary/aromatic N) is 1. The highest BCUT2D eigenvalue weighted by Crippen LogP contribution is 2.45. The molecule has 0 amide bonds. The van der Waals surface area contributed by atoms with Crippen LogP contribution < -0.4 is 4.74 Å². The van der Waals surface area contributed by atoms with Crippen LogP contribution in [0.5, 0.6) is 5.88 Å². The lowest BCUT2D eigenvalue weighted by Crippen LogP contribution is -2.11. The van der Waals surface area contributed by atoms with Crippen LogP contribution in [0.2, 0.25) is 0 Å². The molecule has 0 saturated carbocycles. The second-order valence-electron chi connectivity index (χ2n) is 6.65. The molecule has 2 aromatic carbocycles. The predicted octanol–water partition coefficient (Wildman–Crippen LogP) is 4.89. The van der Waals surface area contributed by atoms with Gasteiger partial charge in [0.15, 0.2) is 16.4 Å². The molecule has 1 heterocycles. The molecule has 0 radical (unpaired) electrons. The van der Waals surface area contributed by atoms with Crippen LogP contribution in [0, 0.1) is 18.2 Å². The summed E-state index contributed by atoms with van der Waals surface area (Å²) in [6.07, 6.45) is 6.26. The van der Waals surface area contributed by atoms with Crippen molar-refractivity contribution in [2.24, 2.45) is 0 Å². The second-order valence-corrected chi connectivity index (χ2v) is 9.39. The minimum atomic E-state index is -3.44. The van der Waals surface area contributed by atoms with Gasteiger partial charge in [-0.3, -0.25) is 0 Å². The summed E-state index contributed by atoms with van der Waals surface area (Å²) in [7, 11) is -2.01. The van der Waals surface area contributed by atoms with Crippen molar-refractivity contribution in [1.29, 1.82) is 0 Å². The third kappa shape index (κ3) is 5.25. The first-order chi connectivity index (χ1) is 14.5. The first kappa shape index (κ1) is 22.8. The topological polar surface area (TPSA) is 56.3 Å². The lowest BCUT2D eigenvalue weighted by Gasteiger charge is -2.20. The Labute approximate surface area is 180 Å². The van der Waals surface area contributed by atoms with Crippen LogP contribution in [0.3, 0.4) is 0 Å². The Morgan fingerprint density at radius 2 is 1.68 bits per heavy atom. The van der Waals surface area contributed by atoms with E-state index in [1.807, 2.05) is 0 Å². The van der Waals surface area contributed by atoms with E-state index in [-0.39, 0.29) is 22.9 Å². The average molecular weight is 463 g/mol. The highest BCUT2D eigenvalue weighted by molar-refractivity contribution is 7.90. The summed E-state index contributed by atoms with van der Waals surface area (Å²) in [6.45, 7) is -0.183. The number of terminal acetylenes is 1. The zero-order valence-corrected chi connectivity index (χ0v) is 18.2. The Morgan fingerprint density at radius 1 is 1.10 bits per heavy atom. The van der Waals surface area contributed by atoms with Crippen molar-refractivity contribution >= 4 is 19.1 Å². The van der Waals surface area contributed by atoms with E-state index in [1.54, 1.807) is 0 Å². The zero-order valence-electron chi connectivity index (χ0n) is 16.3. The smallest absolute Gasteiger partial charge is 0.300 e. The molecule has 1 aromatic heterocycles. The van der Waals surface area contributed by atoms with Gasteiger partial charge in [0.25, 0.3) is 0 Å². The van der Waals surface area contributed by atoms with Gasteiger partial charge in [0.05, 0.1) is 4.90 Å². The van der Waals surface area contributed by atoms with E-state index in [2.05, 4.69) is 10.9 Å². The van der Waals surface area contributed by atoms with Gasteiger partial charge in [0, 0.05) is 17.9 Å². The van der Waals surface area contributed by atoms with Gasteiger partial charge in [0.1, 0.15) is 11.5 Å². The van der Waals surface area contributed by atoms with Crippen LogP contribution in [-0.2, 0) is 15.5 Å². The van der Waals surface area contributed by atoms with E-state index < -0.39 is 27.0 Å². The summed E-state index contributed by atoms with van der Waals surface area (Å²) in [5, 5.41) is 0. The Bertz CT molecular complexity index is 1250. The quantitative estimate of drug-likeness (QED) is 0.386. The van der Waals surface area contributed by atoms with E-state index in [1.165, 1.54) is 51.7 Å². The monoisotopic (exact) mass is 463 g/mol. The zero-order chi connectivity index (χ0) is 22.8. The number of alkyl halides is 2. The van der Waals surface area contributed by atoms with Crippen LogP contribution in [0.25, 0.3) is 22.3 Å². The molecule has 160 valence electrons. The standard InChI is InChI=1S/C22H17F3NO3PS/c1-3-12-29-19-13-18(14-6-10-17(11-7-14)31(2,27)28)20(21(26-19)22(24,25)30)15-4-8-16(23)9-5-15/h1,4-11,13H,12,30H2,2H3. The predicted molar refractivity (Wildman–Crippen MR) is 116 cm³/mol. The first-order valence-corrected chi connectivity index (χ1v) is 11.3. The molecular weight excluding hydrogens is 446 g/mol. The summed E-state index contributed by atoms with van der Waals surface area (Å²) in [4.78, 5) is 4.02. The van der Waals surface area contributed by atoms with Gasteiger partial charge < -0.3 is 4.74 Å². The van der Waals surface area contributed by atoms with Gasteiger partial charge in [-0.15, -0.1) is 6.42 Å². The fourth-order valence-corrected chi connectivity index (χ4v) is 3.81. The summed E-state index contributed by atoms with van der Waals surface area (Å²) in [6, 6.07) is 12.2. The van der Waals surface area contributed by atoms with Crippen LogP contribution in [0.1, 0.15) is 5.69 Å². The molecule has 0 fully saturated rings. The molecular formula is C22H17F3NO3PS. The van der Waals surface area contributed by atoms with E-state index >= 15 is 0 Å². The number of ether oxygens (including phenoxy) is 1. The summed E-state index contributed by atoms with van der Waals surface area (Å²) < 4.78 is 71.4. The molecule has 9 heteroatoms. The largest absolute Gasteiger partial charge is 0.464 e. The molecule has 1 unspecified atom stereocenters. The van der Waals surface area contributed by atoms with Crippen molar-refractivity contribution in [2.75, 3.05) is 12.9 Å². The van der Waals surface area contributed by atoms with Crippen molar-refractivity contribution in [1.82, 2.24) is 4.98 Å². The fourth-order valence-electron chi connectivity index (χ4n) is 2.97. The van der Waals surface area contributed by atoms with Crippen LogP contribution in [0.15, 0.2) is 59.5 Å². The molecule has 3 rings (SSSR count). The van der Waals surface area contributed by atoms with Gasteiger partial charge in [-0.2, -0.15) is 8.78 Å². The van der Waals surface area contributed by atoms with Crippen molar-refractivity contribution in [3.05, 3.63) is 66.1 Å². The third-order valence-corrected chi connectivity index (χ3v) is 5.74. The van der Waals surface area contributed by atoms with Crippen molar-refractivity contribution in [3.8, 4) is 40.5 Å². The lowest BCUT2D eigenvalue weighted by atomic mass is 9.93. The minimum Gasteiger partial charge on any atom is -0.464 e. The lowest BCUT2D eigenvalue weighted by molar-refractivity contribution is 0.0984. The number of aromatic nitrogens is 1. The maximum Gasteiger partial charge on any atom is 0.300 e. The Morgan fingerprint density at radius 3 is 2.19 bits per heavy atom. The Hall–Kier alpha value is -2.88. The van der Waals surface area contributed by atoms with Crippen LogP contribution >= 0.6 is 9.24 Å². The number of rotatable bonds is 6. The van der Waals surface area contributed by atoms with E-state index in [4.69, 9.17) is 11.2 Å². The van der Waals surface area contributed by atoms with Crippen molar-refractivity contribution < 1.29 is 26.3 Å². The number of halogens is 3. The van der Waals surface area contributed by atoms with E-state index in [9.17, 15) is 21.6 Å². The van der Waals surface area contributed by atoms with E-state index in [0.29, 0.717) is 16.7 Å². The number of pyridine rings is 1. The molecule has 1 atom stereocenters. The summed E-state index contributed by atoms with van der Waals surface area (Å²) in [5.41, 5.74) is -2.96. The summed E-state index contributed by atoms with van der Waals surface area (Å²) >= 11 is 0. The van der Waals surface area contributed by atoms with E-state index in [0.717, 1.165) is 18.4 Å². The molecule has 0 bridgehead atoms. The van der Waals surface area contributed by atoms with Crippen LogP contribution in [0.4, 0.5) is 13.2 Å². The molecule has 0 aliphatic heterocycles. The van der Waals surface area contributed by atoms with Crippen LogP contribution in [-0.4, -0.2) is 26.3 Å². The molecule has 0 spiro atoms. The SMILES string of the molecule is C#CCOc1cc(-c2ccc(S(C)(=O)=O)cc2)c(-c2ccc(F)cc2)c(C(F)(F)P)n1. The molecule has 4 nitrogen and oxygen atoms in total. The minimum absolute atomic E-state index is 0.0557. The van der Waals surface area contributed by atoms with Crippen molar-refractivity contribution in [3.63, 3.8) is 0 Å².